The Morgan fingerprint density at radius 2 is 2.05 bits per heavy atom. The Morgan fingerprint density at radius 1 is 1.42 bits per heavy atom. The van der Waals surface area contributed by atoms with Crippen LogP contribution in [0, 0.1) is 11.8 Å². The van der Waals surface area contributed by atoms with Crippen molar-refractivity contribution < 1.29 is 8.42 Å². The van der Waals surface area contributed by atoms with Gasteiger partial charge in [-0.3, -0.25) is 0 Å². The van der Waals surface area contributed by atoms with Crippen molar-refractivity contribution in [2.45, 2.75) is 33.2 Å². The van der Waals surface area contributed by atoms with Crippen LogP contribution in [0.2, 0.25) is 0 Å². The van der Waals surface area contributed by atoms with Crippen molar-refractivity contribution in [1.29, 1.82) is 0 Å². The smallest absolute Gasteiger partial charge is 0.280 e. The summed E-state index contributed by atoms with van der Waals surface area (Å²) in [5, 5.41) is 0. The fourth-order valence-corrected chi connectivity index (χ4v) is 4.28. The fourth-order valence-electron chi connectivity index (χ4n) is 2.67. The molecule has 0 aliphatic carbocycles. The number of imidazole rings is 1. The third-order valence-electron chi connectivity index (χ3n) is 3.43. The molecule has 1 aliphatic heterocycles. The molecule has 1 saturated heterocycles. The van der Waals surface area contributed by atoms with Gasteiger partial charge in [0, 0.05) is 25.5 Å². The van der Waals surface area contributed by atoms with Crippen LogP contribution in [-0.4, -0.2) is 35.8 Å². The predicted octanol–water partition coefficient (Wildman–Crippen LogP) is 1.28. The van der Waals surface area contributed by atoms with Crippen LogP contribution < -0.4 is 4.72 Å². The zero-order valence-electron chi connectivity index (χ0n) is 11.6. The van der Waals surface area contributed by atoms with E-state index in [-0.39, 0.29) is 6.04 Å². The van der Waals surface area contributed by atoms with Gasteiger partial charge in [-0.25, -0.2) is 4.98 Å². The van der Waals surface area contributed by atoms with Gasteiger partial charge >= 0.3 is 0 Å². The lowest BCUT2D eigenvalue weighted by atomic mass is 9.94. The van der Waals surface area contributed by atoms with E-state index >= 15 is 0 Å². The Bertz CT molecular complexity index is 490. The molecule has 0 amide bonds. The summed E-state index contributed by atoms with van der Waals surface area (Å²) in [7, 11) is -3.45. The molecule has 0 spiro atoms. The van der Waals surface area contributed by atoms with Crippen molar-refractivity contribution in [3.05, 3.63) is 18.2 Å². The number of nitrogens with one attached hydrogen (secondary N) is 2. The molecule has 3 atom stereocenters. The van der Waals surface area contributed by atoms with Crippen molar-refractivity contribution in [3.8, 4) is 0 Å². The minimum absolute atomic E-state index is 0.354. The maximum atomic E-state index is 12.4. The molecule has 2 N–H and O–H groups in total. The van der Waals surface area contributed by atoms with E-state index in [4.69, 9.17) is 0 Å². The number of H-pyrrole nitrogens is 1. The summed E-state index contributed by atoms with van der Waals surface area (Å²) in [6.45, 7) is 7.14. The number of aromatic amines is 1. The summed E-state index contributed by atoms with van der Waals surface area (Å²) in [4.78, 5) is 7.00. The van der Waals surface area contributed by atoms with Crippen LogP contribution in [0.3, 0.4) is 0 Å². The third kappa shape index (κ3) is 3.55. The minimum Gasteiger partial charge on any atom is -0.347 e. The molecule has 108 valence electrons. The Morgan fingerprint density at radius 3 is 2.58 bits per heavy atom. The number of aromatic nitrogens is 2. The van der Waals surface area contributed by atoms with Gasteiger partial charge in [-0.1, -0.05) is 13.8 Å². The second kappa shape index (κ2) is 5.60. The first-order chi connectivity index (χ1) is 8.88. The Labute approximate surface area is 114 Å². The average Bonchev–Trinajstić information content (AvgIpc) is 2.80. The maximum absolute atomic E-state index is 12.4. The standard InChI is InChI=1S/C12H22N4O2S/c1-9-6-10(2)8-16(7-9)19(17,18)15-11(3)12-13-4-5-14-12/h4-5,9-11,15H,6-8H2,1-3H3,(H,13,14). The van der Waals surface area contributed by atoms with Crippen molar-refractivity contribution in [2.24, 2.45) is 11.8 Å². The lowest BCUT2D eigenvalue weighted by molar-refractivity contribution is 0.219. The highest BCUT2D eigenvalue weighted by Gasteiger charge is 2.31. The van der Waals surface area contributed by atoms with E-state index in [1.54, 1.807) is 23.6 Å². The van der Waals surface area contributed by atoms with E-state index in [0.717, 1.165) is 6.42 Å². The van der Waals surface area contributed by atoms with Crippen LogP contribution in [0.5, 0.6) is 0 Å². The summed E-state index contributed by atoms with van der Waals surface area (Å²) >= 11 is 0. The first-order valence-electron chi connectivity index (χ1n) is 6.65. The average molecular weight is 286 g/mol. The van der Waals surface area contributed by atoms with Crippen molar-refractivity contribution in [3.63, 3.8) is 0 Å². The van der Waals surface area contributed by atoms with Crippen LogP contribution >= 0.6 is 0 Å². The van der Waals surface area contributed by atoms with Gasteiger partial charge < -0.3 is 4.98 Å². The van der Waals surface area contributed by atoms with Gasteiger partial charge in [0.1, 0.15) is 5.82 Å². The molecule has 6 nitrogen and oxygen atoms in total. The number of nitrogens with zero attached hydrogens (tertiary/aromatic N) is 2. The first-order valence-corrected chi connectivity index (χ1v) is 8.09. The van der Waals surface area contributed by atoms with Crippen molar-refractivity contribution >= 4 is 10.2 Å². The van der Waals surface area contributed by atoms with Crippen LogP contribution in [0.15, 0.2) is 12.4 Å². The summed E-state index contributed by atoms with van der Waals surface area (Å²) in [6, 6.07) is -0.354. The van der Waals surface area contributed by atoms with Gasteiger partial charge in [0.05, 0.1) is 6.04 Å². The van der Waals surface area contributed by atoms with Crippen LogP contribution in [0.25, 0.3) is 0 Å². The first kappa shape index (κ1) is 14.5. The third-order valence-corrected chi connectivity index (χ3v) is 5.06. The van der Waals surface area contributed by atoms with Gasteiger partial charge in [0.2, 0.25) is 0 Å². The van der Waals surface area contributed by atoms with Crippen LogP contribution in [0.1, 0.15) is 39.1 Å². The molecule has 3 unspecified atom stereocenters. The number of rotatable bonds is 4. The second-order valence-electron chi connectivity index (χ2n) is 5.58. The Balaban J connectivity index is 2.05. The summed E-state index contributed by atoms with van der Waals surface area (Å²) < 4.78 is 28.9. The SMILES string of the molecule is CC1CC(C)CN(S(=O)(=O)NC(C)c2ncc[nH]2)C1. The molecule has 1 aromatic heterocycles. The number of hydrogen-bond acceptors (Lipinski definition) is 3. The predicted molar refractivity (Wildman–Crippen MR) is 73.6 cm³/mol. The van der Waals surface area contributed by atoms with Crippen LogP contribution in [-0.2, 0) is 10.2 Å². The topological polar surface area (TPSA) is 78.1 Å². The molecular weight excluding hydrogens is 264 g/mol. The summed E-state index contributed by atoms with van der Waals surface area (Å²) in [5.41, 5.74) is 0. The molecule has 1 aliphatic rings. The van der Waals surface area contributed by atoms with Gasteiger partial charge in [0.25, 0.3) is 10.2 Å². The molecule has 19 heavy (non-hydrogen) atoms. The number of hydrogen-bond donors (Lipinski definition) is 2. The molecule has 0 bridgehead atoms. The Hall–Kier alpha value is -0.920. The van der Waals surface area contributed by atoms with E-state index < -0.39 is 10.2 Å². The van der Waals surface area contributed by atoms with E-state index in [1.165, 1.54) is 0 Å². The largest absolute Gasteiger partial charge is 0.347 e. The molecule has 2 heterocycles. The maximum Gasteiger partial charge on any atom is 0.280 e. The summed E-state index contributed by atoms with van der Waals surface area (Å²) in [6.07, 6.45) is 4.39. The van der Waals surface area contributed by atoms with Gasteiger partial charge in [-0.2, -0.15) is 17.4 Å². The molecule has 7 heteroatoms. The molecule has 0 radical (unpaired) electrons. The zero-order chi connectivity index (χ0) is 14.0. The fraction of sp³-hybridized carbons (Fsp3) is 0.750. The van der Waals surface area contributed by atoms with Gasteiger partial charge in [-0.15, -0.1) is 0 Å². The highest BCUT2D eigenvalue weighted by atomic mass is 32.2. The molecule has 0 aromatic carbocycles. The highest BCUT2D eigenvalue weighted by Crippen LogP contribution is 2.23. The van der Waals surface area contributed by atoms with Crippen LogP contribution in [0.4, 0.5) is 0 Å². The van der Waals surface area contributed by atoms with E-state index in [9.17, 15) is 8.42 Å². The molecule has 0 saturated carbocycles. The van der Waals surface area contributed by atoms with Crippen molar-refractivity contribution in [1.82, 2.24) is 19.0 Å². The van der Waals surface area contributed by atoms with E-state index in [2.05, 4.69) is 28.5 Å². The molecule has 1 aromatic rings. The van der Waals surface area contributed by atoms with Gasteiger partial charge in [-0.05, 0) is 25.2 Å². The normalized spacial score (nSPS) is 27.3. The molecular formula is C12H22N4O2S. The molecule has 1 fully saturated rings. The highest BCUT2D eigenvalue weighted by molar-refractivity contribution is 7.87. The lowest BCUT2D eigenvalue weighted by Crippen LogP contribution is -2.48. The monoisotopic (exact) mass is 286 g/mol. The second-order valence-corrected chi connectivity index (χ2v) is 7.28. The van der Waals surface area contributed by atoms with E-state index in [1.807, 2.05) is 0 Å². The summed E-state index contributed by atoms with van der Waals surface area (Å²) in [5.74, 6) is 1.43. The zero-order valence-corrected chi connectivity index (χ0v) is 12.4. The quantitative estimate of drug-likeness (QED) is 0.875. The lowest BCUT2D eigenvalue weighted by Gasteiger charge is -2.34. The van der Waals surface area contributed by atoms with E-state index in [0.29, 0.717) is 30.7 Å². The number of piperidine rings is 1. The molecule has 2 rings (SSSR count). The Kier molecular flexibility index (Phi) is 4.27. The minimum atomic E-state index is -3.45. The van der Waals surface area contributed by atoms with Crippen molar-refractivity contribution in [2.75, 3.05) is 13.1 Å². The van der Waals surface area contributed by atoms with Gasteiger partial charge in [0.15, 0.2) is 0 Å².